The lowest BCUT2D eigenvalue weighted by Crippen LogP contribution is -2.50. The largest absolute Gasteiger partial charge is 0.378 e. The highest BCUT2D eigenvalue weighted by molar-refractivity contribution is 4.94. The first-order valence-corrected chi connectivity index (χ1v) is 6.71. The van der Waals surface area contributed by atoms with E-state index in [2.05, 4.69) is 20.5 Å². The van der Waals surface area contributed by atoms with Crippen LogP contribution in [0, 0.1) is 0 Å². The van der Waals surface area contributed by atoms with Gasteiger partial charge in [-0.1, -0.05) is 5.21 Å². The summed E-state index contributed by atoms with van der Waals surface area (Å²) in [6.45, 7) is 4.51. The fourth-order valence-corrected chi connectivity index (χ4v) is 2.35. The summed E-state index contributed by atoms with van der Waals surface area (Å²) in [7, 11) is 1.90. The number of nitrogens with one attached hydrogen (secondary N) is 1. The summed E-state index contributed by atoms with van der Waals surface area (Å²) in [5.41, 5.74) is 1.04. The van der Waals surface area contributed by atoms with E-state index in [9.17, 15) is 0 Å². The molecule has 2 aliphatic rings. The first-order valence-electron chi connectivity index (χ1n) is 6.71. The monoisotopic (exact) mass is 251 g/mol. The van der Waals surface area contributed by atoms with Gasteiger partial charge in [0.1, 0.15) is 0 Å². The molecule has 0 bridgehead atoms. The minimum atomic E-state index is 0.460. The molecule has 1 N–H and O–H groups in total. The number of hydrogen-bond acceptors (Lipinski definition) is 5. The van der Waals surface area contributed by atoms with E-state index in [-0.39, 0.29) is 0 Å². The molecule has 0 spiro atoms. The Kier molecular flexibility index (Phi) is 3.58. The second-order valence-electron chi connectivity index (χ2n) is 5.27. The van der Waals surface area contributed by atoms with Gasteiger partial charge in [0.15, 0.2) is 0 Å². The molecule has 0 radical (unpaired) electrons. The molecule has 6 heteroatoms. The molecule has 0 amide bonds. The van der Waals surface area contributed by atoms with Crippen molar-refractivity contribution in [2.24, 2.45) is 7.05 Å². The van der Waals surface area contributed by atoms with E-state index in [0.717, 1.165) is 44.6 Å². The molecule has 3 rings (SSSR count). The molecule has 1 saturated carbocycles. The summed E-state index contributed by atoms with van der Waals surface area (Å²) in [5.74, 6) is 0. The summed E-state index contributed by atoms with van der Waals surface area (Å²) in [4.78, 5) is 2.45. The highest BCUT2D eigenvalue weighted by Crippen LogP contribution is 2.19. The maximum atomic E-state index is 5.59. The van der Waals surface area contributed by atoms with E-state index < -0.39 is 0 Å². The minimum absolute atomic E-state index is 0.460. The second kappa shape index (κ2) is 5.34. The molecule has 1 saturated heterocycles. The Labute approximate surface area is 107 Å². The van der Waals surface area contributed by atoms with Gasteiger partial charge < -0.3 is 10.1 Å². The number of nitrogens with zero attached hydrogens (tertiary/aromatic N) is 4. The average molecular weight is 251 g/mol. The number of hydrogen-bond donors (Lipinski definition) is 1. The molecule has 2 fully saturated rings. The summed E-state index contributed by atoms with van der Waals surface area (Å²) in [6.07, 6.45) is 4.65. The highest BCUT2D eigenvalue weighted by atomic mass is 16.5. The van der Waals surface area contributed by atoms with Crippen LogP contribution in [0.15, 0.2) is 6.20 Å². The van der Waals surface area contributed by atoms with Crippen molar-refractivity contribution in [3.63, 3.8) is 0 Å². The van der Waals surface area contributed by atoms with E-state index in [0.29, 0.717) is 6.04 Å². The van der Waals surface area contributed by atoms with Crippen LogP contribution in [0.3, 0.4) is 0 Å². The van der Waals surface area contributed by atoms with Crippen LogP contribution in [0.25, 0.3) is 0 Å². The molecule has 1 aromatic rings. The summed E-state index contributed by atoms with van der Waals surface area (Å²) < 4.78 is 7.34. The van der Waals surface area contributed by atoms with Gasteiger partial charge >= 0.3 is 0 Å². The quantitative estimate of drug-likeness (QED) is 0.783. The fraction of sp³-hybridized carbons (Fsp3) is 0.833. The van der Waals surface area contributed by atoms with Gasteiger partial charge in [0.05, 0.1) is 18.9 Å². The standard InChI is InChI=1S/C12H21N5O/c1-16-7-11(14-15-16)8-17-4-5-18-9-12(17)6-13-10-2-3-10/h7,10,12-13H,2-6,8-9H2,1H3. The van der Waals surface area contributed by atoms with E-state index in [4.69, 9.17) is 4.74 Å². The molecule has 6 nitrogen and oxygen atoms in total. The van der Waals surface area contributed by atoms with Crippen LogP contribution in [0.4, 0.5) is 0 Å². The zero-order valence-corrected chi connectivity index (χ0v) is 10.9. The van der Waals surface area contributed by atoms with Gasteiger partial charge in [0.25, 0.3) is 0 Å². The summed E-state index contributed by atoms with van der Waals surface area (Å²) >= 11 is 0. The molecule has 1 atom stereocenters. The Bertz CT molecular complexity index is 390. The number of aryl methyl sites for hydroxylation is 1. The van der Waals surface area contributed by atoms with Crippen LogP contribution in [0.1, 0.15) is 18.5 Å². The molecular formula is C12H21N5O. The first-order chi connectivity index (χ1) is 8.81. The van der Waals surface area contributed by atoms with E-state index in [1.54, 1.807) is 4.68 Å². The van der Waals surface area contributed by atoms with Crippen LogP contribution in [-0.2, 0) is 18.3 Å². The number of aromatic nitrogens is 3. The van der Waals surface area contributed by atoms with Crippen LogP contribution >= 0.6 is 0 Å². The Morgan fingerprint density at radius 3 is 3.11 bits per heavy atom. The third-order valence-electron chi connectivity index (χ3n) is 3.58. The van der Waals surface area contributed by atoms with Crippen molar-refractivity contribution in [3.8, 4) is 0 Å². The van der Waals surface area contributed by atoms with Crippen LogP contribution < -0.4 is 5.32 Å². The van der Waals surface area contributed by atoms with E-state index in [1.165, 1.54) is 12.8 Å². The summed E-state index contributed by atoms with van der Waals surface area (Å²) in [5, 5.41) is 11.7. The highest BCUT2D eigenvalue weighted by Gasteiger charge is 2.27. The van der Waals surface area contributed by atoms with Crippen molar-refractivity contribution in [1.29, 1.82) is 0 Å². The molecular weight excluding hydrogens is 230 g/mol. The average Bonchev–Trinajstić information content (AvgIpc) is 3.12. The topological polar surface area (TPSA) is 55.2 Å². The summed E-state index contributed by atoms with van der Waals surface area (Å²) in [6, 6.07) is 1.21. The van der Waals surface area contributed by atoms with E-state index >= 15 is 0 Å². The van der Waals surface area contributed by atoms with Gasteiger partial charge in [-0.2, -0.15) is 0 Å². The zero-order valence-electron chi connectivity index (χ0n) is 10.9. The number of ether oxygens (including phenoxy) is 1. The minimum Gasteiger partial charge on any atom is -0.378 e. The lowest BCUT2D eigenvalue weighted by Gasteiger charge is -2.35. The fourth-order valence-electron chi connectivity index (χ4n) is 2.35. The number of morpholine rings is 1. The lowest BCUT2D eigenvalue weighted by atomic mass is 10.2. The predicted molar refractivity (Wildman–Crippen MR) is 67.0 cm³/mol. The van der Waals surface area contributed by atoms with Crippen molar-refractivity contribution < 1.29 is 4.74 Å². The second-order valence-corrected chi connectivity index (χ2v) is 5.27. The SMILES string of the molecule is Cn1cc(CN2CCOCC2CNC2CC2)nn1. The van der Waals surface area contributed by atoms with Crippen molar-refractivity contribution in [2.45, 2.75) is 31.5 Å². The van der Waals surface area contributed by atoms with Crippen molar-refractivity contribution in [1.82, 2.24) is 25.2 Å². The van der Waals surface area contributed by atoms with Gasteiger partial charge in [-0.15, -0.1) is 5.10 Å². The Morgan fingerprint density at radius 1 is 1.50 bits per heavy atom. The van der Waals surface area contributed by atoms with Crippen LogP contribution in [-0.4, -0.2) is 58.3 Å². The lowest BCUT2D eigenvalue weighted by molar-refractivity contribution is -0.0115. The van der Waals surface area contributed by atoms with Crippen molar-refractivity contribution >= 4 is 0 Å². The smallest absolute Gasteiger partial charge is 0.0967 e. The molecule has 1 aliphatic heterocycles. The Morgan fingerprint density at radius 2 is 2.39 bits per heavy atom. The Hall–Kier alpha value is -0.980. The normalized spacial score (nSPS) is 25.5. The third kappa shape index (κ3) is 3.07. The zero-order chi connectivity index (χ0) is 12.4. The van der Waals surface area contributed by atoms with E-state index in [1.807, 2.05) is 13.2 Å². The van der Waals surface area contributed by atoms with Crippen molar-refractivity contribution in [3.05, 3.63) is 11.9 Å². The van der Waals surface area contributed by atoms with Gasteiger partial charge in [-0.05, 0) is 12.8 Å². The van der Waals surface area contributed by atoms with Crippen LogP contribution in [0.2, 0.25) is 0 Å². The van der Waals surface area contributed by atoms with Gasteiger partial charge in [0, 0.05) is 45.0 Å². The molecule has 1 aliphatic carbocycles. The van der Waals surface area contributed by atoms with Gasteiger partial charge in [-0.25, -0.2) is 0 Å². The van der Waals surface area contributed by atoms with Crippen molar-refractivity contribution in [2.75, 3.05) is 26.3 Å². The maximum Gasteiger partial charge on any atom is 0.0967 e. The predicted octanol–water partition coefficient (Wildman–Crippen LogP) is -0.232. The molecule has 100 valence electrons. The molecule has 0 aromatic carbocycles. The molecule has 2 heterocycles. The van der Waals surface area contributed by atoms with Gasteiger partial charge in [-0.3, -0.25) is 9.58 Å². The Balaban J connectivity index is 1.56. The third-order valence-corrected chi connectivity index (χ3v) is 3.58. The molecule has 1 unspecified atom stereocenters. The molecule has 1 aromatic heterocycles. The first kappa shape index (κ1) is 12.1. The van der Waals surface area contributed by atoms with Gasteiger partial charge in [0.2, 0.25) is 0 Å². The van der Waals surface area contributed by atoms with Crippen LogP contribution in [0.5, 0.6) is 0 Å². The number of rotatable bonds is 5. The maximum absolute atomic E-state index is 5.59. The molecule has 18 heavy (non-hydrogen) atoms.